The predicted molar refractivity (Wildman–Crippen MR) is 80.5 cm³/mol. The van der Waals surface area contributed by atoms with Gasteiger partial charge in [-0.2, -0.15) is 0 Å². The molecule has 0 spiro atoms. The van der Waals surface area contributed by atoms with Gasteiger partial charge in [0.15, 0.2) is 0 Å². The zero-order valence-electron chi connectivity index (χ0n) is 10.6. The van der Waals surface area contributed by atoms with Crippen molar-refractivity contribution in [3.8, 4) is 0 Å². The molecular formula is C17H17Br. The van der Waals surface area contributed by atoms with E-state index in [2.05, 4.69) is 71.4 Å². The van der Waals surface area contributed by atoms with Crippen LogP contribution in [0.25, 0.3) is 0 Å². The molecule has 0 aromatic heterocycles. The van der Waals surface area contributed by atoms with E-state index in [1.165, 1.54) is 28.7 Å². The summed E-state index contributed by atoms with van der Waals surface area (Å²) < 4.78 is 0. The van der Waals surface area contributed by atoms with Crippen LogP contribution in [0.2, 0.25) is 0 Å². The molecule has 0 nitrogen and oxygen atoms in total. The number of aryl methyl sites for hydroxylation is 1. The van der Waals surface area contributed by atoms with Crippen LogP contribution in [0.4, 0.5) is 0 Å². The molecule has 0 heterocycles. The van der Waals surface area contributed by atoms with Crippen molar-refractivity contribution >= 4 is 15.9 Å². The topological polar surface area (TPSA) is 0 Å². The lowest BCUT2D eigenvalue weighted by molar-refractivity contribution is 0.580. The molecule has 1 aliphatic carbocycles. The van der Waals surface area contributed by atoms with Crippen molar-refractivity contribution in [2.24, 2.45) is 0 Å². The largest absolute Gasteiger partial charge is 0.0880 e. The lowest BCUT2D eigenvalue weighted by atomic mass is 9.75. The fourth-order valence-electron chi connectivity index (χ4n) is 2.83. The number of alkyl halides is 1. The Kier molecular flexibility index (Phi) is 3.25. The van der Waals surface area contributed by atoms with E-state index < -0.39 is 0 Å². The molecule has 18 heavy (non-hydrogen) atoms. The highest BCUT2D eigenvalue weighted by atomic mass is 79.9. The van der Waals surface area contributed by atoms with Gasteiger partial charge in [0.25, 0.3) is 0 Å². The predicted octanol–water partition coefficient (Wildman–Crippen LogP) is 4.64. The third-order valence-corrected chi connectivity index (χ3v) is 4.81. The quantitative estimate of drug-likeness (QED) is 0.724. The molecule has 92 valence electrons. The second-order valence-electron chi connectivity index (χ2n) is 5.22. The van der Waals surface area contributed by atoms with Gasteiger partial charge in [0, 0.05) is 10.7 Å². The average molecular weight is 301 g/mol. The van der Waals surface area contributed by atoms with Crippen molar-refractivity contribution in [3.63, 3.8) is 0 Å². The standard InChI is InChI=1S/C17H17Br/c1-12-5-4-6-13(9-12)10-17(18)16-11-14-7-2-3-8-15(14)16/h2-9,16-17H,10-11H2,1H3. The van der Waals surface area contributed by atoms with Crippen LogP contribution in [0.15, 0.2) is 48.5 Å². The zero-order chi connectivity index (χ0) is 12.5. The third kappa shape index (κ3) is 2.24. The van der Waals surface area contributed by atoms with E-state index in [1.807, 2.05) is 0 Å². The van der Waals surface area contributed by atoms with Gasteiger partial charge < -0.3 is 0 Å². The first-order valence-corrected chi connectivity index (χ1v) is 7.43. The Morgan fingerprint density at radius 2 is 2.00 bits per heavy atom. The molecule has 2 unspecified atom stereocenters. The Bertz CT molecular complexity index is 559. The molecule has 0 fully saturated rings. The first-order chi connectivity index (χ1) is 8.74. The van der Waals surface area contributed by atoms with Crippen LogP contribution in [-0.4, -0.2) is 4.83 Å². The van der Waals surface area contributed by atoms with Gasteiger partial charge in [-0.1, -0.05) is 70.0 Å². The summed E-state index contributed by atoms with van der Waals surface area (Å²) in [6.45, 7) is 2.16. The van der Waals surface area contributed by atoms with Gasteiger partial charge in [0.05, 0.1) is 0 Å². The fourth-order valence-corrected chi connectivity index (χ4v) is 3.67. The van der Waals surface area contributed by atoms with Gasteiger partial charge in [0.1, 0.15) is 0 Å². The summed E-state index contributed by atoms with van der Waals surface area (Å²) in [5.74, 6) is 0.682. The summed E-state index contributed by atoms with van der Waals surface area (Å²) >= 11 is 3.89. The van der Waals surface area contributed by atoms with Gasteiger partial charge >= 0.3 is 0 Å². The van der Waals surface area contributed by atoms with E-state index in [9.17, 15) is 0 Å². The summed E-state index contributed by atoms with van der Waals surface area (Å²) in [7, 11) is 0. The van der Waals surface area contributed by atoms with Crippen LogP contribution in [0.5, 0.6) is 0 Å². The zero-order valence-corrected chi connectivity index (χ0v) is 12.2. The second-order valence-corrected chi connectivity index (χ2v) is 6.39. The number of halogens is 1. The van der Waals surface area contributed by atoms with Gasteiger partial charge in [-0.25, -0.2) is 0 Å². The van der Waals surface area contributed by atoms with Crippen LogP contribution in [-0.2, 0) is 12.8 Å². The average Bonchev–Trinajstić information content (AvgIpc) is 2.30. The Hall–Kier alpha value is -1.08. The molecule has 1 heteroatoms. The SMILES string of the molecule is Cc1cccc(CC(Br)C2Cc3ccccc32)c1. The van der Waals surface area contributed by atoms with Gasteiger partial charge in [0.2, 0.25) is 0 Å². The molecule has 0 N–H and O–H groups in total. The van der Waals surface area contributed by atoms with Crippen molar-refractivity contribution < 1.29 is 0 Å². The number of benzene rings is 2. The molecule has 2 atom stereocenters. The smallest absolute Gasteiger partial charge is 0.0258 e. The lowest BCUT2D eigenvalue weighted by Crippen LogP contribution is -2.26. The van der Waals surface area contributed by atoms with E-state index in [0.717, 1.165) is 6.42 Å². The third-order valence-electron chi connectivity index (χ3n) is 3.84. The fraction of sp³-hybridized carbons (Fsp3) is 0.294. The second kappa shape index (κ2) is 4.89. The van der Waals surface area contributed by atoms with E-state index in [0.29, 0.717) is 10.7 Å². The van der Waals surface area contributed by atoms with E-state index in [-0.39, 0.29) is 0 Å². The van der Waals surface area contributed by atoms with Crippen LogP contribution >= 0.6 is 15.9 Å². The minimum absolute atomic E-state index is 0.550. The summed E-state index contributed by atoms with van der Waals surface area (Å²) in [5, 5.41) is 0. The molecule has 2 aromatic rings. The monoisotopic (exact) mass is 300 g/mol. The van der Waals surface area contributed by atoms with Crippen molar-refractivity contribution in [3.05, 3.63) is 70.8 Å². The molecular weight excluding hydrogens is 284 g/mol. The maximum Gasteiger partial charge on any atom is 0.0258 e. The summed E-state index contributed by atoms with van der Waals surface area (Å²) in [6.07, 6.45) is 2.33. The highest BCUT2D eigenvalue weighted by Gasteiger charge is 2.31. The molecule has 0 radical (unpaired) electrons. The van der Waals surface area contributed by atoms with E-state index in [1.54, 1.807) is 0 Å². The molecule has 0 amide bonds. The number of hydrogen-bond donors (Lipinski definition) is 0. The van der Waals surface area contributed by atoms with Gasteiger partial charge in [-0.3, -0.25) is 0 Å². The summed E-state index contributed by atoms with van der Waals surface area (Å²) in [6, 6.07) is 17.6. The van der Waals surface area contributed by atoms with Crippen molar-refractivity contribution in [2.45, 2.75) is 30.5 Å². The summed E-state index contributed by atoms with van der Waals surface area (Å²) in [4.78, 5) is 0.550. The molecule has 0 bridgehead atoms. The Morgan fingerprint density at radius 1 is 1.17 bits per heavy atom. The highest BCUT2D eigenvalue weighted by molar-refractivity contribution is 9.09. The number of hydrogen-bond acceptors (Lipinski definition) is 0. The minimum Gasteiger partial charge on any atom is -0.0880 e. The molecule has 1 aliphatic rings. The van der Waals surface area contributed by atoms with Crippen LogP contribution < -0.4 is 0 Å². The molecule has 2 aromatic carbocycles. The molecule has 3 rings (SSSR count). The van der Waals surface area contributed by atoms with Gasteiger partial charge in [-0.15, -0.1) is 0 Å². The normalized spacial score (nSPS) is 18.9. The Morgan fingerprint density at radius 3 is 2.78 bits per heavy atom. The van der Waals surface area contributed by atoms with Crippen LogP contribution in [0, 0.1) is 6.92 Å². The lowest BCUT2D eigenvalue weighted by Gasteiger charge is -2.34. The van der Waals surface area contributed by atoms with Crippen molar-refractivity contribution in [1.29, 1.82) is 0 Å². The molecule has 0 saturated heterocycles. The maximum atomic E-state index is 3.89. The first-order valence-electron chi connectivity index (χ1n) is 6.51. The number of rotatable bonds is 3. The Labute approximate surface area is 117 Å². The minimum atomic E-state index is 0.550. The molecule has 0 saturated carbocycles. The van der Waals surface area contributed by atoms with Crippen LogP contribution in [0.1, 0.15) is 28.2 Å². The van der Waals surface area contributed by atoms with Crippen molar-refractivity contribution in [1.82, 2.24) is 0 Å². The Balaban J connectivity index is 1.72. The van der Waals surface area contributed by atoms with Gasteiger partial charge in [-0.05, 0) is 36.5 Å². The van der Waals surface area contributed by atoms with E-state index in [4.69, 9.17) is 0 Å². The van der Waals surface area contributed by atoms with E-state index >= 15 is 0 Å². The van der Waals surface area contributed by atoms with Crippen LogP contribution in [0.3, 0.4) is 0 Å². The maximum absolute atomic E-state index is 3.89. The highest BCUT2D eigenvalue weighted by Crippen LogP contribution is 2.41. The first kappa shape index (κ1) is 12.0. The molecule has 0 aliphatic heterocycles. The number of fused-ring (bicyclic) bond motifs is 1. The van der Waals surface area contributed by atoms with Crippen molar-refractivity contribution in [2.75, 3.05) is 0 Å². The summed E-state index contributed by atoms with van der Waals surface area (Å²) in [5.41, 5.74) is 5.84.